The zero-order valence-corrected chi connectivity index (χ0v) is 9.67. The first-order chi connectivity index (χ1) is 8.79. The molecule has 2 aromatic rings. The molecule has 0 radical (unpaired) electrons. The molecule has 0 aliphatic heterocycles. The van der Waals surface area contributed by atoms with Crippen LogP contribution in [0.25, 0.3) is 0 Å². The van der Waals surface area contributed by atoms with E-state index in [1.807, 2.05) is 36.4 Å². The average Bonchev–Trinajstić information content (AvgIpc) is 2.46. The number of hydrogen-bond acceptors (Lipinski definition) is 2. The van der Waals surface area contributed by atoms with Gasteiger partial charge in [-0.1, -0.05) is 42.2 Å². The van der Waals surface area contributed by atoms with Crippen molar-refractivity contribution >= 4 is 0 Å². The second kappa shape index (κ2) is 5.68. The molecule has 0 heterocycles. The Morgan fingerprint density at radius 1 is 0.889 bits per heavy atom. The summed E-state index contributed by atoms with van der Waals surface area (Å²) in [6, 6.07) is 18.3. The average molecular weight is 233 g/mol. The highest BCUT2D eigenvalue weighted by molar-refractivity contribution is 5.41. The van der Waals surface area contributed by atoms with Crippen LogP contribution in [0.3, 0.4) is 0 Å². The van der Waals surface area contributed by atoms with E-state index in [9.17, 15) is 5.11 Å². The molecule has 86 valence electrons. The second-order valence-electron chi connectivity index (χ2n) is 3.77. The maximum absolute atomic E-state index is 9.86. The third-order valence-corrected chi connectivity index (χ3v) is 2.48. The number of nitriles is 1. The lowest BCUT2D eigenvalue weighted by Gasteiger charge is -2.01. The zero-order chi connectivity index (χ0) is 12.8. The van der Waals surface area contributed by atoms with Crippen molar-refractivity contribution in [1.82, 2.24) is 0 Å². The third-order valence-electron chi connectivity index (χ3n) is 2.48. The molecule has 2 heteroatoms. The fraction of sp³-hybridized carbons (Fsp3) is 0.0625. The molecule has 0 bridgehead atoms. The smallest absolute Gasteiger partial charge is 0.140 e. The largest absolute Gasteiger partial charge is 0.376 e. The van der Waals surface area contributed by atoms with Gasteiger partial charge in [-0.25, -0.2) is 0 Å². The van der Waals surface area contributed by atoms with Crippen LogP contribution in [0.4, 0.5) is 0 Å². The van der Waals surface area contributed by atoms with Crippen molar-refractivity contribution in [1.29, 1.82) is 5.26 Å². The van der Waals surface area contributed by atoms with Gasteiger partial charge in [0.15, 0.2) is 0 Å². The van der Waals surface area contributed by atoms with Crippen molar-refractivity contribution in [3.8, 4) is 17.9 Å². The lowest BCUT2D eigenvalue weighted by Crippen LogP contribution is -1.92. The van der Waals surface area contributed by atoms with Crippen LogP contribution >= 0.6 is 0 Å². The van der Waals surface area contributed by atoms with Crippen molar-refractivity contribution in [3.63, 3.8) is 0 Å². The summed E-state index contributed by atoms with van der Waals surface area (Å²) in [6.45, 7) is 0. The molecular weight excluding hydrogens is 222 g/mol. The molecule has 1 unspecified atom stereocenters. The van der Waals surface area contributed by atoms with E-state index in [1.54, 1.807) is 24.3 Å². The van der Waals surface area contributed by atoms with Gasteiger partial charge in [0.2, 0.25) is 0 Å². The molecule has 0 saturated carbocycles. The van der Waals surface area contributed by atoms with Crippen LogP contribution in [0, 0.1) is 23.2 Å². The number of rotatable bonds is 1. The van der Waals surface area contributed by atoms with Crippen molar-refractivity contribution in [3.05, 3.63) is 71.3 Å². The van der Waals surface area contributed by atoms with Crippen LogP contribution < -0.4 is 0 Å². The number of nitrogens with zero attached hydrogens (tertiary/aromatic N) is 1. The highest BCUT2D eigenvalue weighted by atomic mass is 16.3. The van der Waals surface area contributed by atoms with Crippen LogP contribution in [0.15, 0.2) is 54.6 Å². The number of hydrogen-bond donors (Lipinski definition) is 1. The molecule has 0 fully saturated rings. The molecule has 0 aromatic heterocycles. The molecule has 18 heavy (non-hydrogen) atoms. The summed E-state index contributed by atoms with van der Waals surface area (Å²) in [4.78, 5) is 0. The molecule has 0 amide bonds. The van der Waals surface area contributed by atoms with Gasteiger partial charge in [-0.2, -0.15) is 5.26 Å². The first-order valence-corrected chi connectivity index (χ1v) is 5.54. The molecule has 0 saturated heterocycles. The van der Waals surface area contributed by atoms with Crippen molar-refractivity contribution in [2.45, 2.75) is 6.10 Å². The summed E-state index contributed by atoms with van der Waals surface area (Å²) in [5, 5.41) is 18.5. The molecular formula is C16H11NO. The van der Waals surface area contributed by atoms with Gasteiger partial charge in [-0.05, 0) is 29.8 Å². The van der Waals surface area contributed by atoms with Gasteiger partial charge in [0, 0.05) is 5.56 Å². The van der Waals surface area contributed by atoms with Gasteiger partial charge >= 0.3 is 0 Å². The van der Waals surface area contributed by atoms with E-state index in [-0.39, 0.29) is 0 Å². The summed E-state index contributed by atoms with van der Waals surface area (Å²) >= 11 is 0. The van der Waals surface area contributed by atoms with E-state index >= 15 is 0 Å². The van der Waals surface area contributed by atoms with Crippen LogP contribution in [-0.4, -0.2) is 5.11 Å². The van der Waals surface area contributed by atoms with Gasteiger partial charge in [-0.3, -0.25) is 0 Å². The van der Waals surface area contributed by atoms with Gasteiger partial charge in [-0.15, -0.1) is 0 Å². The first kappa shape index (κ1) is 11.9. The van der Waals surface area contributed by atoms with Gasteiger partial charge in [0.1, 0.15) is 6.10 Å². The first-order valence-electron chi connectivity index (χ1n) is 5.54. The van der Waals surface area contributed by atoms with E-state index in [4.69, 9.17) is 5.26 Å². The van der Waals surface area contributed by atoms with Gasteiger partial charge in [0.05, 0.1) is 11.6 Å². The molecule has 2 aromatic carbocycles. The zero-order valence-electron chi connectivity index (χ0n) is 9.67. The summed E-state index contributed by atoms with van der Waals surface area (Å²) in [6.07, 6.45) is -0.790. The molecule has 2 rings (SSSR count). The van der Waals surface area contributed by atoms with Gasteiger partial charge in [0.25, 0.3) is 0 Å². The van der Waals surface area contributed by atoms with E-state index in [1.165, 1.54) is 0 Å². The predicted molar refractivity (Wildman–Crippen MR) is 69.4 cm³/mol. The number of aliphatic hydroxyl groups excluding tert-OH is 1. The van der Waals surface area contributed by atoms with Crippen LogP contribution in [0.1, 0.15) is 22.8 Å². The quantitative estimate of drug-likeness (QED) is 0.769. The minimum Gasteiger partial charge on any atom is -0.376 e. The fourth-order valence-electron chi connectivity index (χ4n) is 1.50. The minimum absolute atomic E-state index is 0.601. The second-order valence-corrected chi connectivity index (χ2v) is 3.77. The Morgan fingerprint density at radius 3 is 2.11 bits per heavy atom. The van der Waals surface area contributed by atoms with Crippen LogP contribution in [0.2, 0.25) is 0 Å². The Morgan fingerprint density at radius 2 is 1.50 bits per heavy atom. The topological polar surface area (TPSA) is 44.0 Å². The van der Waals surface area contributed by atoms with E-state index in [0.717, 1.165) is 11.1 Å². The fourth-order valence-corrected chi connectivity index (χ4v) is 1.50. The molecule has 2 nitrogen and oxygen atoms in total. The number of benzene rings is 2. The van der Waals surface area contributed by atoms with E-state index < -0.39 is 6.10 Å². The Balaban J connectivity index is 2.14. The van der Waals surface area contributed by atoms with E-state index in [0.29, 0.717) is 5.56 Å². The highest BCUT2D eigenvalue weighted by Gasteiger charge is 2.00. The molecule has 1 atom stereocenters. The molecule has 0 aliphatic rings. The Labute approximate surface area is 106 Å². The van der Waals surface area contributed by atoms with Crippen LogP contribution in [0.5, 0.6) is 0 Å². The highest BCUT2D eigenvalue weighted by Crippen LogP contribution is 2.11. The van der Waals surface area contributed by atoms with E-state index in [2.05, 4.69) is 11.8 Å². The summed E-state index contributed by atoms with van der Waals surface area (Å²) in [5.41, 5.74) is 2.16. The van der Waals surface area contributed by atoms with Gasteiger partial charge < -0.3 is 5.11 Å². The Kier molecular flexibility index (Phi) is 3.76. The van der Waals surface area contributed by atoms with Crippen molar-refractivity contribution in [2.75, 3.05) is 0 Å². The molecule has 0 aliphatic carbocycles. The molecule has 0 spiro atoms. The maximum Gasteiger partial charge on any atom is 0.140 e. The van der Waals surface area contributed by atoms with Crippen LogP contribution in [-0.2, 0) is 0 Å². The molecule has 1 N–H and O–H groups in total. The maximum atomic E-state index is 9.86. The Bertz CT molecular complexity index is 612. The predicted octanol–water partition coefficient (Wildman–Crippen LogP) is 2.64. The normalized spacial score (nSPS) is 10.9. The SMILES string of the molecule is N#Cc1ccc(C#CC(O)c2ccccc2)cc1. The Hall–Kier alpha value is -2.55. The minimum atomic E-state index is -0.790. The lowest BCUT2D eigenvalue weighted by molar-refractivity contribution is 0.238. The van der Waals surface area contributed by atoms with Crippen molar-refractivity contribution < 1.29 is 5.11 Å². The monoisotopic (exact) mass is 233 g/mol. The standard InChI is InChI=1S/C16H11NO/c17-12-14-8-6-13(7-9-14)10-11-16(18)15-4-2-1-3-5-15/h1-9,16,18H. The lowest BCUT2D eigenvalue weighted by atomic mass is 10.1. The summed E-state index contributed by atoms with van der Waals surface area (Å²) in [7, 11) is 0. The number of aliphatic hydroxyl groups is 1. The third kappa shape index (κ3) is 2.98. The summed E-state index contributed by atoms with van der Waals surface area (Å²) < 4.78 is 0. The van der Waals surface area contributed by atoms with Crippen molar-refractivity contribution in [2.24, 2.45) is 0 Å². The summed E-state index contributed by atoms with van der Waals surface area (Å²) in [5.74, 6) is 5.66.